The number of rotatable bonds is 6. The van der Waals surface area contributed by atoms with Crippen LogP contribution in [0.1, 0.15) is 48.5 Å². The number of aliphatic carboxylic acids is 3. The number of nitrogens with zero attached hydrogens (tertiary/aromatic N) is 12. The first-order valence-electron chi connectivity index (χ1n) is 18.8. The smallest absolute Gasteiger partial charge is 0.335 e. The average molecular weight is 1500 g/mol. The van der Waals surface area contributed by atoms with E-state index in [1.54, 1.807) is 27.7 Å². The third-order valence-corrected chi connectivity index (χ3v) is 11.2. The molecule has 0 spiro atoms. The van der Waals surface area contributed by atoms with Gasteiger partial charge < -0.3 is 60.2 Å². The van der Waals surface area contributed by atoms with Gasteiger partial charge in [-0.3, -0.25) is 13.7 Å². The van der Waals surface area contributed by atoms with Crippen LogP contribution in [0.4, 0.5) is 0 Å². The molecule has 3 fully saturated rings. The summed E-state index contributed by atoms with van der Waals surface area (Å²) in [4.78, 5) is 70.8. The molecule has 6 aromatic heterocycles. The number of carboxylic acid groups (broad SMARTS) is 3. The van der Waals surface area contributed by atoms with Crippen LogP contribution in [-0.4, -0.2) is 177 Å². The van der Waals surface area contributed by atoms with Crippen LogP contribution < -0.4 is 0 Å². The maximum Gasteiger partial charge on any atom is 0.335 e. The van der Waals surface area contributed by atoms with E-state index in [1.807, 2.05) is 45.2 Å². The fourth-order valence-electron chi connectivity index (χ4n) is 7.11. The number of imidazole rings is 3. The minimum atomic E-state index is -1.55. The van der Waals surface area contributed by atoms with E-state index in [1.165, 1.54) is 32.7 Å². The Hall–Kier alpha value is -3.96. The first-order valence-corrected chi connectivity index (χ1v) is 21.0. The number of carbonyl (C=O) groups is 3. The fraction of sp³-hybridized carbons (Fsp3) is 0.444. The molecule has 0 saturated carbocycles. The van der Waals surface area contributed by atoms with Gasteiger partial charge in [0.15, 0.2) is 61.6 Å². The van der Waals surface area contributed by atoms with E-state index in [-0.39, 0.29) is 46.7 Å². The van der Waals surface area contributed by atoms with Gasteiger partial charge >= 0.3 is 17.9 Å². The van der Waals surface area contributed by atoms with Gasteiger partial charge in [-0.15, -0.1) is 0 Å². The molecule has 9 heterocycles. The van der Waals surface area contributed by atoms with Crippen molar-refractivity contribution in [2.24, 2.45) is 0 Å². The second-order valence-corrected chi connectivity index (χ2v) is 16.4. The Morgan fingerprint density at radius 1 is 0.522 bits per heavy atom. The predicted molar refractivity (Wildman–Crippen MR) is 229 cm³/mol. The van der Waals surface area contributed by atoms with Crippen molar-refractivity contribution in [2.45, 2.75) is 101 Å². The molecule has 3 saturated heterocycles. The Morgan fingerprint density at radius 2 is 0.821 bits per heavy atom. The number of ether oxygens (including phenoxy) is 3. The summed E-state index contributed by atoms with van der Waals surface area (Å²) in [6.45, 7) is 6.93. The van der Waals surface area contributed by atoms with E-state index >= 15 is 0 Å². The molecule has 3 unspecified atom stereocenters. The number of hydrogen-bond donors (Lipinski definition) is 9. The number of hydrogen-bond acceptors (Lipinski definition) is 21. The van der Waals surface area contributed by atoms with Gasteiger partial charge in [0.2, 0.25) is 5.82 Å². The number of aliphatic hydroxyl groups is 6. The summed E-state index contributed by atoms with van der Waals surface area (Å²) in [6, 6.07) is 0. The van der Waals surface area contributed by atoms with Gasteiger partial charge in [0, 0.05) is 86.0 Å². The minimum Gasteiger partial charge on any atom is -0.479 e. The normalized spacial score (nSPS) is 27.5. The van der Waals surface area contributed by atoms with E-state index in [2.05, 4.69) is 56.7 Å². The zero-order valence-corrected chi connectivity index (χ0v) is 44.3. The zero-order chi connectivity index (χ0) is 47.3. The third kappa shape index (κ3) is 10.5. The van der Waals surface area contributed by atoms with E-state index in [0.29, 0.717) is 58.2 Å². The van der Waals surface area contributed by atoms with Crippen molar-refractivity contribution < 1.29 is 115 Å². The number of fused-ring (bicyclic) bond motifs is 3. The standard InChI is InChI=1S/C14H14N4O5.2C11H11IN4O5.2Re/c1-3-4-7-16-6(2)8-12(17-7)18(5-15-8)13-10(20)9(19)11(23-13)14(21)22;2*1-3-4-8(15-11(12)14-3)16(2-13-4)9-6(18)5(17)7(21-9)10(19)20;;/h5,9-11,13,19-20H,1-2H3,(H,21,22);2*2,5-7,9,17-18H,1H3,(H,19,20);;/t9-,10?,11+,13-;2*5-,6?,7+,9-;;/m111../s1. The summed E-state index contributed by atoms with van der Waals surface area (Å²) in [5, 5.41) is 86.4. The fourth-order valence-corrected chi connectivity index (χ4v) is 8.29. The summed E-state index contributed by atoms with van der Waals surface area (Å²) in [5.41, 5.74) is 4.61. The van der Waals surface area contributed by atoms with Crippen LogP contribution in [0, 0.1) is 40.3 Å². The van der Waals surface area contributed by atoms with Crippen LogP contribution >= 0.6 is 45.2 Å². The van der Waals surface area contributed by atoms with Gasteiger partial charge in [-0.25, -0.2) is 59.2 Å². The van der Waals surface area contributed by atoms with Crippen LogP contribution in [0.15, 0.2) is 19.0 Å². The Balaban J connectivity index is 0.000000186. The topological polar surface area (TPSA) is 392 Å². The second kappa shape index (κ2) is 21.8. The van der Waals surface area contributed by atoms with Crippen LogP contribution in [0.2, 0.25) is 0 Å². The Morgan fingerprint density at radius 3 is 1.10 bits per heavy atom. The van der Waals surface area contributed by atoms with Gasteiger partial charge in [0.25, 0.3) is 0 Å². The van der Waals surface area contributed by atoms with Crippen molar-refractivity contribution in [3.63, 3.8) is 0 Å². The average Bonchev–Trinajstić information content (AvgIpc) is 4.10. The number of halogens is 2. The Labute approximate surface area is 430 Å². The molecular weight excluding hydrogens is 1470 g/mol. The van der Waals surface area contributed by atoms with Crippen LogP contribution in [0.5, 0.6) is 0 Å². The molecule has 9 rings (SSSR count). The molecule has 31 heteroatoms. The summed E-state index contributed by atoms with van der Waals surface area (Å²) in [5.74, 6) is 1.67. The van der Waals surface area contributed by atoms with Crippen molar-refractivity contribution in [3.8, 4) is 11.8 Å². The quantitative estimate of drug-likeness (QED) is 0.0499. The molecule has 2 radical (unpaired) electrons. The molecule has 0 amide bonds. The summed E-state index contributed by atoms with van der Waals surface area (Å²) >= 11 is 3.89. The van der Waals surface area contributed by atoms with Gasteiger partial charge in [-0.2, -0.15) is 0 Å². The summed E-state index contributed by atoms with van der Waals surface area (Å²) in [7, 11) is 0. The van der Waals surface area contributed by atoms with E-state index in [9.17, 15) is 45.0 Å². The van der Waals surface area contributed by atoms with E-state index in [0.717, 1.165) is 0 Å². The maximum absolute atomic E-state index is 11.1. The van der Waals surface area contributed by atoms with Crippen LogP contribution in [-0.2, 0) is 69.4 Å². The van der Waals surface area contributed by atoms with Crippen molar-refractivity contribution in [1.82, 2.24) is 58.6 Å². The molecule has 358 valence electrons. The molecule has 67 heavy (non-hydrogen) atoms. The third-order valence-electron chi connectivity index (χ3n) is 10.2. The molecule has 0 aliphatic carbocycles. The molecular formula is C36H36I2N12O15Re2. The second-order valence-electron chi connectivity index (χ2n) is 14.4. The number of aliphatic hydroxyl groups excluding tert-OH is 6. The minimum absolute atomic E-state index is 0. The molecule has 3 aliphatic heterocycles. The summed E-state index contributed by atoms with van der Waals surface area (Å²) in [6.07, 6.45) is -12.5. The van der Waals surface area contributed by atoms with Crippen molar-refractivity contribution in [2.75, 3.05) is 0 Å². The van der Waals surface area contributed by atoms with Gasteiger partial charge in [-0.05, 0) is 33.6 Å². The van der Waals surface area contributed by atoms with E-state index in [4.69, 9.17) is 29.5 Å². The first-order chi connectivity index (χ1) is 30.7. The monoisotopic (exact) mass is 1500 g/mol. The molecule has 3 aliphatic rings. The predicted octanol–water partition coefficient (Wildman–Crippen LogP) is -1.91. The van der Waals surface area contributed by atoms with Crippen molar-refractivity contribution >= 4 is 96.6 Å². The van der Waals surface area contributed by atoms with Gasteiger partial charge in [0.1, 0.15) is 53.2 Å². The zero-order valence-electron chi connectivity index (χ0n) is 34.5. The molecule has 0 aromatic carbocycles. The Bertz CT molecular complexity index is 2780. The van der Waals surface area contributed by atoms with Crippen LogP contribution in [0.25, 0.3) is 33.5 Å². The van der Waals surface area contributed by atoms with E-state index < -0.39 is 91.5 Å². The largest absolute Gasteiger partial charge is 0.479 e. The van der Waals surface area contributed by atoms with Crippen molar-refractivity contribution in [1.29, 1.82) is 0 Å². The van der Waals surface area contributed by atoms with Crippen molar-refractivity contribution in [3.05, 3.63) is 49.6 Å². The molecule has 6 aromatic rings. The van der Waals surface area contributed by atoms with Gasteiger partial charge in [0.05, 0.1) is 36.1 Å². The molecule has 0 bridgehead atoms. The van der Waals surface area contributed by atoms with Gasteiger partial charge in [-0.1, -0.05) is 5.92 Å². The molecule has 9 N–H and O–H groups in total. The number of carboxylic acids is 3. The van der Waals surface area contributed by atoms with Crippen LogP contribution in [0.3, 0.4) is 0 Å². The molecule has 12 atom stereocenters. The molecule has 27 nitrogen and oxygen atoms in total. The maximum atomic E-state index is 11.1. The Kier molecular flexibility index (Phi) is 17.5. The number of aryl methyl sites for hydroxylation is 3. The SMILES string of the molecule is CC#Cc1nc(C)c2ncn([C@@H]3O[C@H](C(=O)O)[C@H](O)C3O)c2n1.Cc1nc(I)nc2c1ncn2[C@@H]1O[C@H](C(=O)O)[C@H](O)C1O.Cc1nc(I)nc2c1ncn2[C@@H]1O[C@H](C(=O)O)[C@H](O)C1O.[Re].[Re]. The number of aromatic nitrogens is 12. The first kappa shape index (κ1) is 54.0. The summed E-state index contributed by atoms with van der Waals surface area (Å²) < 4.78 is 20.9.